The summed E-state index contributed by atoms with van der Waals surface area (Å²) >= 11 is 0. The van der Waals surface area contributed by atoms with E-state index in [-0.39, 0.29) is 18.3 Å². The molecule has 2 aromatic rings. The molecule has 112 valence electrons. The van der Waals surface area contributed by atoms with Crippen molar-refractivity contribution in [3.05, 3.63) is 47.3 Å². The molecule has 0 spiro atoms. The summed E-state index contributed by atoms with van der Waals surface area (Å²) in [5.74, 6) is 0.00394. The monoisotopic (exact) mass is 306 g/mol. The topological polar surface area (TPSA) is 50.2 Å². The van der Waals surface area contributed by atoms with Gasteiger partial charge >= 0.3 is 0 Å². The second-order valence-corrected chi connectivity index (χ2v) is 5.06. The van der Waals surface area contributed by atoms with Gasteiger partial charge in [-0.25, -0.2) is 0 Å². The van der Waals surface area contributed by atoms with Crippen LogP contribution in [0.2, 0.25) is 0 Å². The minimum Gasteiger partial charge on any atom is -0.311 e. The molecule has 1 amide bonds. The number of rotatable bonds is 1. The predicted molar refractivity (Wildman–Crippen MR) is 85.0 cm³/mol. The second kappa shape index (κ2) is 6.28. The van der Waals surface area contributed by atoms with Crippen molar-refractivity contribution in [1.29, 1.82) is 0 Å². The number of hydrogen-bond donors (Lipinski definition) is 1. The zero-order valence-electron chi connectivity index (χ0n) is 12.2. The number of nitrogens with one attached hydrogen (secondary N) is 1. The molecule has 1 aromatic carbocycles. The molecule has 0 aliphatic carbocycles. The van der Waals surface area contributed by atoms with Gasteiger partial charge in [0, 0.05) is 32.4 Å². The molecule has 0 bridgehead atoms. The molecule has 2 heterocycles. The van der Waals surface area contributed by atoms with E-state index in [1.54, 1.807) is 4.68 Å². The van der Waals surface area contributed by atoms with Crippen LogP contribution < -0.4 is 10.2 Å². The summed E-state index contributed by atoms with van der Waals surface area (Å²) in [4.78, 5) is 14.6. The largest absolute Gasteiger partial charge is 0.311 e. The normalized spacial score (nSPS) is 14.1. The minimum absolute atomic E-state index is 0. The van der Waals surface area contributed by atoms with Gasteiger partial charge < -0.3 is 10.2 Å². The number of fused-ring (bicyclic) bond motifs is 1. The Kier molecular flexibility index (Phi) is 4.65. The van der Waals surface area contributed by atoms with E-state index in [1.807, 2.05) is 43.1 Å². The van der Waals surface area contributed by atoms with Crippen LogP contribution in [-0.2, 0) is 13.6 Å². The van der Waals surface area contributed by atoms with Gasteiger partial charge in [-0.15, -0.1) is 12.4 Å². The summed E-state index contributed by atoms with van der Waals surface area (Å²) in [5, 5.41) is 7.60. The van der Waals surface area contributed by atoms with Gasteiger partial charge in [0.25, 0.3) is 5.91 Å². The maximum atomic E-state index is 12.8. The maximum Gasteiger partial charge on any atom is 0.276 e. The first-order chi connectivity index (χ1) is 9.66. The number of carbonyl (C=O) groups is 1. The Labute approximate surface area is 130 Å². The van der Waals surface area contributed by atoms with Crippen molar-refractivity contribution in [2.75, 3.05) is 18.0 Å². The number of aryl methyl sites for hydroxylation is 2. The molecule has 0 unspecified atom stereocenters. The Bertz CT molecular complexity index is 653. The van der Waals surface area contributed by atoms with E-state index in [2.05, 4.69) is 16.5 Å². The third-order valence-corrected chi connectivity index (χ3v) is 3.58. The van der Waals surface area contributed by atoms with E-state index in [9.17, 15) is 4.79 Å². The molecule has 0 saturated heterocycles. The molecular formula is C15H19ClN4O. The average molecular weight is 307 g/mol. The molecule has 3 rings (SSSR count). The van der Waals surface area contributed by atoms with Crippen molar-refractivity contribution in [2.45, 2.75) is 13.5 Å². The third-order valence-electron chi connectivity index (χ3n) is 3.58. The van der Waals surface area contributed by atoms with Crippen LogP contribution in [-0.4, -0.2) is 28.8 Å². The summed E-state index contributed by atoms with van der Waals surface area (Å²) < 4.78 is 1.65. The molecule has 1 aliphatic rings. The fourth-order valence-corrected chi connectivity index (χ4v) is 2.62. The predicted octanol–water partition coefficient (Wildman–Crippen LogP) is 1.90. The van der Waals surface area contributed by atoms with E-state index < -0.39 is 0 Å². The van der Waals surface area contributed by atoms with Crippen LogP contribution in [0.25, 0.3) is 0 Å². The van der Waals surface area contributed by atoms with Crippen LogP contribution in [0.15, 0.2) is 30.3 Å². The number of aromatic nitrogens is 2. The molecule has 21 heavy (non-hydrogen) atoms. The molecule has 1 aliphatic heterocycles. The molecule has 0 fully saturated rings. The highest BCUT2D eigenvalue weighted by atomic mass is 35.5. The van der Waals surface area contributed by atoms with E-state index >= 15 is 0 Å². The van der Waals surface area contributed by atoms with Crippen molar-refractivity contribution in [2.24, 2.45) is 7.05 Å². The smallest absolute Gasteiger partial charge is 0.276 e. The number of para-hydroxylation sites is 1. The summed E-state index contributed by atoms with van der Waals surface area (Å²) in [5.41, 5.74) is 3.62. The minimum atomic E-state index is 0. The molecule has 5 nitrogen and oxygen atoms in total. The number of hydrogen-bond acceptors (Lipinski definition) is 3. The van der Waals surface area contributed by atoms with Gasteiger partial charge in [-0.3, -0.25) is 9.48 Å². The van der Waals surface area contributed by atoms with Crippen LogP contribution in [0, 0.1) is 6.92 Å². The van der Waals surface area contributed by atoms with E-state index in [0.717, 1.165) is 30.0 Å². The van der Waals surface area contributed by atoms with E-state index in [4.69, 9.17) is 0 Å². The summed E-state index contributed by atoms with van der Waals surface area (Å²) in [6, 6.07) is 9.87. The molecule has 0 saturated carbocycles. The first kappa shape index (κ1) is 15.5. The number of halogens is 1. The van der Waals surface area contributed by atoms with E-state index in [0.29, 0.717) is 12.2 Å². The van der Waals surface area contributed by atoms with Crippen molar-refractivity contribution in [1.82, 2.24) is 15.1 Å². The van der Waals surface area contributed by atoms with Crippen LogP contribution >= 0.6 is 12.4 Å². The molecule has 0 atom stereocenters. The molecular weight excluding hydrogens is 288 g/mol. The zero-order valence-corrected chi connectivity index (χ0v) is 13.0. The Morgan fingerprint density at radius 1 is 1.33 bits per heavy atom. The molecule has 0 radical (unpaired) electrons. The van der Waals surface area contributed by atoms with Crippen molar-refractivity contribution < 1.29 is 4.79 Å². The van der Waals surface area contributed by atoms with Crippen molar-refractivity contribution >= 4 is 24.0 Å². The Balaban J connectivity index is 0.00000161. The number of benzene rings is 1. The van der Waals surface area contributed by atoms with Crippen LogP contribution in [0.5, 0.6) is 0 Å². The number of anilines is 1. The van der Waals surface area contributed by atoms with Gasteiger partial charge in [0.05, 0.1) is 5.69 Å². The molecule has 1 N–H and O–H groups in total. The van der Waals surface area contributed by atoms with Crippen LogP contribution in [0.1, 0.15) is 21.7 Å². The SMILES string of the molecule is Cc1cc(C(=O)N2CCNCc3ccccc32)n(C)n1.Cl. The van der Waals surface area contributed by atoms with Gasteiger partial charge in [0.15, 0.2) is 0 Å². The summed E-state index contributed by atoms with van der Waals surface area (Å²) in [6.07, 6.45) is 0. The Hall–Kier alpha value is -1.85. The lowest BCUT2D eigenvalue weighted by Crippen LogP contribution is -2.35. The Morgan fingerprint density at radius 3 is 2.81 bits per heavy atom. The van der Waals surface area contributed by atoms with Crippen LogP contribution in [0.4, 0.5) is 5.69 Å². The van der Waals surface area contributed by atoms with Gasteiger partial charge in [0.2, 0.25) is 0 Å². The van der Waals surface area contributed by atoms with Gasteiger partial charge in [0.1, 0.15) is 5.69 Å². The Morgan fingerprint density at radius 2 is 2.10 bits per heavy atom. The zero-order chi connectivity index (χ0) is 14.1. The average Bonchev–Trinajstić information content (AvgIpc) is 2.66. The fourth-order valence-electron chi connectivity index (χ4n) is 2.62. The number of amides is 1. The van der Waals surface area contributed by atoms with Crippen LogP contribution in [0.3, 0.4) is 0 Å². The fraction of sp³-hybridized carbons (Fsp3) is 0.333. The van der Waals surface area contributed by atoms with Crippen molar-refractivity contribution in [3.63, 3.8) is 0 Å². The first-order valence-electron chi connectivity index (χ1n) is 6.78. The van der Waals surface area contributed by atoms with Gasteiger partial charge in [-0.2, -0.15) is 5.10 Å². The summed E-state index contributed by atoms with van der Waals surface area (Å²) in [6.45, 7) is 4.15. The summed E-state index contributed by atoms with van der Waals surface area (Å²) in [7, 11) is 1.81. The van der Waals surface area contributed by atoms with Gasteiger partial charge in [-0.05, 0) is 24.6 Å². The number of nitrogens with zero attached hydrogens (tertiary/aromatic N) is 3. The highest BCUT2D eigenvalue weighted by Gasteiger charge is 2.24. The van der Waals surface area contributed by atoms with E-state index in [1.165, 1.54) is 0 Å². The molecule has 1 aromatic heterocycles. The van der Waals surface area contributed by atoms with Gasteiger partial charge in [-0.1, -0.05) is 18.2 Å². The first-order valence-corrected chi connectivity index (χ1v) is 6.78. The quantitative estimate of drug-likeness (QED) is 0.875. The lowest BCUT2D eigenvalue weighted by atomic mass is 10.1. The number of carbonyl (C=O) groups excluding carboxylic acids is 1. The van der Waals surface area contributed by atoms with Crippen molar-refractivity contribution in [3.8, 4) is 0 Å². The standard InChI is InChI=1S/C15H18N4O.ClH/c1-11-9-14(18(2)17-11)15(20)19-8-7-16-10-12-5-3-4-6-13(12)19;/h3-6,9,16H,7-8,10H2,1-2H3;1H. The molecule has 6 heteroatoms. The lowest BCUT2D eigenvalue weighted by molar-refractivity contribution is 0.0978. The lowest BCUT2D eigenvalue weighted by Gasteiger charge is -2.22. The third kappa shape index (κ3) is 2.94. The second-order valence-electron chi connectivity index (χ2n) is 5.06. The highest BCUT2D eigenvalue weighted by Crippen LogP contribution is 2.23. The highest BCUT2D eigenvalue weighted by molar-refractivity contribution is 6.05. The maximum absolute atomic E-state index is 12.8.